The third-order valence-electron chi connectivity index (χ3n) is 3.33. The average molecular weight is 403 g/mol. The van der Waals surface area contributed by atoms with Gasteiger partial charge in [0.15, 0.2) is 4.67 Å². The molecule has 3 aromatic rings. The molecule has 2 heterocycles. The lowest BCUT2D eigenvalue weighted by Gasteiger charge is -2.16. The molecule has 122 valence electrons. The van der Waals surface area contributed by atoms with Gasteiger partial charge in [-0.2, -0.15) is 0 Å². The van der Waals surface area contributed by atoms with Crippen LogP contribution in [0.1, 0.15) is 16.1 Å². The molecule has 0 N–H and O–H groups in total. The maximum absolute atomic E-state index is 12.5. The van der Waals surface area contributed by atoms with Crippen molar-refractivity contribution in [2.75, 3.05) is 7.05 Å². The van der Waals surface area contributed by atoms with Crippen molar-refractivity contribution in [1.82, 2.24) is 9.88 Å². The van der Waals surface area contributed by atoms with Gasteiger partial charge in [-0.3, -0.25) is 4.79 Å². The van der Waals surface area contributed by atoms with Crippen LogP contribution in [-0.2, 0) is 6.54 Å². The number of halogens is 1. The predicted molar refractivity (Wildman–Crippen MR) is 97.0 cm³/mol. The molecule has 6 heteroatoms. The molecular formula is C18H15BrN2O2S. The Bertz CT molecular complexity index is 819. The van der Waals surface area contributed by atoms with Crippen molar-refractivity contribution >= 4 is 33.6 Å². The van der Waals surface area contributed by atoms with Crippen LogP contribution in [0.2, 0.25) is 0 Å². The summed E-state index contributed by atoms with van der Waals surface area (Å²) in [7, 11) is 1.76. The molecule has 0 saturated heterocycles. The Kier molecular flexibility index (Phi) is 5.37. The van der Waals surface area contributed by atoms with Crippen molar-refractivity contribution in [3.8, 4) is 0 Å². The summed E-state index contributed by atoms with van der Waals surface area (Å²) < 4.78 is 6.10. The largest absolute Gasteiger partial charge is 0.452 e. The fourth-order valence-electron chi connectivity index (χ4n) is 2.16. The Morgan fingerprint density at radius 2 is 1.96 bits per heavy atom. The van der Waals surface area contributed by atoms with Crippen molar-refractivity contribution < 1.29 is 9.21 Å². The van der Waals surface area contributed by atoms with E-state index in [2.05, 4.69) is 20.9 Å². The number of rotatable bonds is 5. The third kappa shape index (κ3) is 4.27. The number of furan rings is 1. The first-order valence-corrected chi connectivity index (χ1v) is 8.91. The molecule has 0 bridgehead atoms. The van der Waals surface area contributed by atoms with Crippen LogP contribution < -0.4 is 0 Å². The summed E-state index contributed by atoms with van der Waals surface area (Å²) in [6, 6.07) is 17.0. The summed E-state index contributed by atoms with van der Waals surface area (Å²) >= 11 is 4.83. The van der Waals surface area contributed by atoms with Crippen LogP contribution in [0.25, 0.3) is 0 Å². The van der Waals surface area contributed by atoms with Gasteiger partial charge in [0.05, 0.1) is 6.54 Å². The first-order chi connectivity index (χ1) is 11.6. The van der Waals surface area contributed by atoms with Crippen LogP contribution >= 0.6 is 27.7 Å². The van der Waals surface area contributed by atoms with Crippen LogP contribution in [0, 0.1) is 0 Å². The van der Waals surface area contributed by atoms with Crippen LogP contribution in [0.15, 0.2) is 79.8 Å². The molecule has 1 amide bonds. The molecule has 0 fully saturated rings. The van der Waals surface area contributed by atoms with Gasteiger partial charge in [0, 0.05) is 23.7 Å². The van der Waals surface area contributed by atoms with Crippen molar-refractivity contribution in [3.05, 3.63) is 76.8 Å². The van der Waals surface area contributed by atoms with Gasteiger partial charge >= 0.3 is 0 Å². The van der Waals surface area contributed by atoms with Crippen LogP contribution in [0.5, 0.6) is 0 Å². The molecule has 0 saturated carbocycles. The predicted octanol–water partition coefficient (Wildman–Crippen LogP) is 4.86. The van der Waals surface area contributed by atoms with E-state index < -0.39 is 0 Å². The smallest absolute Gasteiger partial charge is 0.254 e. The number of benzene rings is 1. The number of hydrogen-bond donors (Lipinski definition) is 0. The lowest BCUT2D eigenvalue weighted by molar-refractivity contribution is 0.0775. The lowest BCUT2D eigenvalue weighted by Crippen LogP contribution is -2.25. The minimum atomic E-state index is -0.0445. The van der Waals surface area contributed by atoms with Crippen LogP contribution in [0.3, 0.4) is 0 Å². The highest BCUT2D eigenvalue weighted by Gasteiger charge is 2.13. The van der Waals surface area contributed by atoms with Crippen molar-refractivity contribution in [2.24, 2.45) is 0 Å². The SMILES string of the molecule is CN(Cc1ccc(Br)o1)C(=O)c1ccc(Sc2ccccn2)cc1. The van der Waals surface area contributed by atoms with Crippen LogP contribution in [0.4, 0.5) is 0 Å². The van der Waals surface area contributed by atoms with E-state index in [0.717, 1.165) is 15.7 Å². The molecule has 3 rings (SSSR count). The number of pyridine rings is 1. The van der Waals surface area contributed by atoms with Gasteiger partial charge in [-0.1, -0.05) is 17.8 Å². The van der Waals surface area contributed by atoms with Gasteiger partial charge < -0.3 is 9.32 Å². The Hall–Kier alpha value is -2.05. The molecule has 0 spiro atoms. The summed E-state index contributed by atoms with van der Waals surface area (Å²) in [5.41, 5.74) is 0.647. The molecule has 0 aliphatic carbocycles. The summed E-state index contributed by atoms with van der Waals surface area (Å²) in [5, 5.41) is 0.928. The van der Waals surface area contributed by atoms with E-state index >= 15 is 0 Å². The molecule has 1 aromatic carbocycles. The number of aromatic nitrogens is 1. The Morgan fingerprint density at radius 3 is 2.58 bits per heavy atom. The Labute approximate surface area is 153 Å². The first kappa shape index (κ1) is 16.8. The highest BCUT2D eigenvalue weighted by molar-refractivity contribution is 9.10. The van der Waals surface area contributed by atoms with E-state index in [1.807, 2.05) is 54.6 Å². The van der Waals surface area contributed by atoms with Gasteiger partial charge in [0.1, 0.15) is 10.8 Å². The van der Waals surface area contributed by atoms with Crippen molar-refractivity contribution in [1.29, 1.82) is 0 Å². The number of nitrogens with zero attached hydrogens (tertiary/aromatic N) is 2. The van der Waals surface area contributed by atoms with E-state index in [-0.39, 0.29) is 5.91 Å². The number of amides is 1. The highest BCUT2D eigenvalue weighted by atomic mass is 79.9. The first-order valence-electron chi connectivity index (χ1n) is 7.30. The lowest BCUT2D eigenvalue weighted by atomic mass is 10.2. The summed E-state index contributed by atoms with van der Waals surface area (Å²) in [6.45, 7) is 0.425. The van der Waals surface area contributed by atoms with Gasteiger partial charge in [-0.25, -0.2) is 4.98 Å². The van der Waals surface area contributed by atoms with Gasteiger partial charge in [0.2, 0.25) is 0 Å². The molecule has 0 aliphatic rings. The van der Waals surface area contributed by atoms with Gasteiger partial charge in [-0.15, -0.1) is 0 Å². The average Bonchev–Trinajstić information content (AvgIpc) is 3.00. The minimum absolute atomic E-state index is 0.0445. The van der Waals surface area contributed by atoms with E-state index in [4.69, 9.17) is 4.42 Å². The molecule has 0 unspecified atom stereocenters. The normalized spacial score (nSPS) is 10.6. The molecule has 0 radical (unpaired) electrons. The van der Waals surface area contributed by atoms with E-state index in [1.165, 1.54) is 0 Å². The summed E-state index contributed by atoms with van der Waals surface area (Å²) in [4.78, 5) is 19.4. The Balaban J connectivity index is 1.65. The second-order valence-electron chi connectivity index (χ2n) is 5.16. The zero-order valence-electron chi connectivity index (χ0n) is 13.0. The van der Waals surface area contributed by atoms with Crippen molar-refractivity contribution in [3.63, 3.8) is 0 Å². The quantitative estimate of drug-likeness (QED) is 0.611. The molecule has 4 nitrogen and oxygen atoms in total. The second kappa shape index (κ2) is 7.68. The fraction of sp³-hybridized carbons (Fsp3) is 0.111. The molecular weight excluding hydrogens is 388 g/mol. The highest BCUT2D eigenvalue weighted by Crippen LogP contribution is 2.26. The van der Waals surface area contributed by atoms with Gasteiger partial charge in [-0.05, 0) is 64.5 Å². The van der Waals surface area contributed by atoms with E-state index in [1.54, 1.807) is 29.9 Å². The van der Waals surface area contributed by atoms with E-state index in [9.17, 15) is 4.79 Å². The number of hydrogen-bond acceptors (Lipinski definition) is 4. The van der Waals surface area contributed by atoms with Crippen LogP contribution in [-0.4, -0.2) is 22.8 Å². The van der Waals surface area contributed by atoms with E-state index in [0.29, 0.717) is 16.8 Å². The monoisotopic (exact) mass is 402 g/mol. The zero-order valence-corrected chi connectivity index (χ0v) is 15.4. The number of carbonyl (C=O) groups excluding carboxylic acids is 1. The molecule has 0 aliphatic heterocycles. The Morgan fingerprint density at radius 1 is 1.17 bits per heavy atom. The maximum atomic E-state index is 12.5. The zero-order chi connectivity index (χ0) is 16.9. The summed E-state index contributed by atoms with van der Waals surface area (Å²) in [5.74, 6) is 0.692. The minimum Gasteiger partial charge on any atom is -0.452 e. The fourth-order valence-corrected chi connectivity index (χ4v) is 3.27. The third-order valence-corrected chi connectivity index (χ3v) is 4.71. The van der Waals surface area contributed by atoms with Crippen molar-refractivity contribution in [2.45, 2.75) is 16.5 Å². The summed E-state index contributed by atoms with van der Waals surface area (Å²) in [6.07, 6.45) is 1.77. The maximum Gasteiger partial charge on any atom is 0.254 e. The second-order valence-corrected chi connectivity index (χ2v) is 7.04. The topological polar surface area (TPSA) is 46.3 Å². The standard InChI is InChI=1S/C18H15BrN2O2S/c1-21(12-14-7-10-16(19)23-14)18(22)13-5-8-15(9-6-13)24-17-4-2-3-11-20-17/h2-11H,12H2,1H3. The van der Waals surface area contributed by atoms with Gasteiger partial charge in [0.25, 0.3) is 5.91 Å². The number of carbonyl (C=O) groups is 1. The molecule has 2 aromatic heterocycles. The molecule has 24 heavy (non-hydrogen) atoms. The molecule has 0 atom stereocenters.